The molecule has 0 amide bonds. The minimum atomic E-state index is -1.67. The third-order valence-corrected chi connectivity index (χ3v) is 1.51. The van der Waals surface area contributed by atoms with Gasteiger partial charge in [0.25, 0.3) is 0 Å². The molecule has 0 fully saturated rings. The van der Waals surface area contributed by atoms with Crippen LogP contribution in [0.3, 0.4) is 0 Å². The number of aliphatic hydroxyl groups excluding tert-OH is 6. The molecule has 7 heteroatoms. The van der Waals surface area contributed by atoms with E-state index in [1.807, 2.05) is 0 Å². The van der Waals surface area contributed by atoms with Gasteiger partial charge >= 0.3 is 23.1 Å². The van der Waals surface area contributed by atoms with Crippen LogP contribution in [0.15, 0.2) is 0 Å². The van der Waals surface area contributed by atoms with E-state index in [0.29, 0.717) is 0 Å². The van der Waals surface area contributed by atoms with Crippen LogP contribution in [0.4, 0.5) is 0 Å². The lowest BCUT2D eigenvalue weighted by Crippen LogP contribution is -2.46. The predicted molar refractivity (Wildman–Crippen MR) is 46.7 cm³/mol. The molecule has 0 radical (unpaired) electrons. The van der Waals surface area contributed by atoms with Gasteiger partial charge in [0.1, 0.15) is 24.4 Å². The minimum absolute atomic E-state index is 0. The second-order valence-electron chi connectivity index (χ2n) is 2.48. The van der Waals surface area contributed by atoms with Gasteiger partial charge in [-0.15, -0.1) is 0 Å². The minimum Gasteiger partial charge on any atom is -0.394 e. The zero-order chi connectivity index (χ0) is 9.72. The molecule has 78 valence electrons. The number of aliphatic hydroxyl groups is 6. The highest BCUT2D eigenvalue weighted by atomic mass is 24.3. The molecule has 6 N–H and O–H groups in total. The molecule has 0 aliphatic heterocycles. The molecule has 6 nitrogen and oxygen atoms in total. The second-order valence-corrected chi connectivity index (χ2v) is 2.48. The Labute approximate surface area is 91.6 Å². The summed E-state index contributed by atoms with van der Waals surface area (Å²) in [6.07, 6.45) is -6.39. The summed E-state index contributed by atoms with van der Waals surface area (Å²) in [4.78, 5) is 0. The molecule has 13 heavy (non-hydrogen) atoms. The van der Waals surface area contributed by atoms with Gasteiger partial charge in [-0.1, -0.05) is 0 Å². The maximum Gasteiger partial charge on any atom is 0.316 e. The van der Waals surface area contributed by atoms with Crippen molar-refractivity contribution in [3.63, 3.8) is 0 Å². The monoisotopic (exact) mass is 208 g/mol. The smallest absolute Gasteiger partial charge is 0.316 e. The Morgan fingerprint density at radius 2 is 0.923 bits per heavy atom. The highest BCUT2D eigenvalue weighted by Crippen LogP contribution is 2.03. The lowest BCUT2D eigenvalue weighted by Gasteiger charge is -2.24. The van der Waals surface area contributed by atoms with E-state index >= 15 is 0 Å². The van der Waals surface area contributed by atoms with Gasteiger partial charge in [-0.25, -0.2) is 0 Å². The van der Waals surface area contributed by atoms with Gasteiger partial charge in [0.05, 0.1) is 13.2 Å². The summed E-state index contributed by atoms with van der Waals surface area (Å²) in [6.45, 7) is -1.45. The maximum absolute atomic E-state index is 8.96. The average Bonchev–Trinajstić information content (AvgIpc) is 2.12. The van der Waals surface area contributed by atoms with Crippen molar-refractivity contribution in [1.29, 1.82) is 0 Å². The van der Waals surface area contributed by atoms with E-state index in [2.05, 4.69) is 0 Å². The average molecular weight is 208 g/mol. The van der Waals surface area contributed by atoms with Gasteiger partial charge in [0, 0.05) is 0 Å². The second kappa shape index (κ2) is 7.89. The Bertz CT molecular complexity index is 110. The standard InChI is InChI=1S/C6H14O6.Mg.2H/c7-1-3(9)5(11)6(12)4(10)2-8;;;/h3-12H,1-2H2;;;/t3-,4-,5-,6-;;;/m1.../s1. The van der Waals surface area contributed by atoms with Crippen LogP contribution in [0.1, 0.15) is 0 Å². The molecule has 0 unspecified atom stereocenters. The largest absolute Gasteiger partial charge is 0.394 e. The van der Waals surface area contributed by atoms with Gasteiger partial charge < -0.3 is 30.6 Å². The molecule has 0 saturated carbocycles. The van der Waals surface area contributed by atoms with Crippen molar-refractivity contribution in [3.8, 4) is 0 Å². The molecular formula is C6H16MgO6. The molecule has 0 rings (SSSR count). The predicted octanol–water partition coefficient (Wildman–Crippen LogP) is -4.50. The number of hydrogen-bond donors (Lipinski definition) is 6. The van der Waals surface area contributed by atoms with Crippen molar-refractivity contribution >= 4 is 23.1 Å². The fourth-order valence-corrected chi connectivity index (χ4v) is 0.671. The Kier molecular flexibility index (Phi) is 9.69. The zero-order valence-electron chi connectivity index (χ0n) is 6.41. The summed E-state index contributed by atoms with van der Waals surface area (Å²) in [5.74, 6) is 0. The first-order valence-corrected chi connectivity index (χ1v) is 3.48. The maximum atomic E-state index is 8.96. The van der Waals surface area contributed by atoms with Gasteiger partial charge in [0.2, 0.25) is 0 Å². The van der Waals surface area contributed by atoms with Crippen molar-refractivity contribution in [1.82, 2.24) is 0 Å². The lowest BCUT2D eigenvalue weighted by molar-refractivity contribution is -0.123. The summed E-state index contributed by atoms with van der Waals surface area (Å²) in [6, 6.07) is 0. The van der Waals surface area contributed by atoms with Crippen LogP contribution in [-0.2, 0) is 0 Å². The third kappa shape index (κ3) is 5.08. The summed E-state index contributed by atoms with van der Waals surface area (Å²) in [7, 11) is 0. The molecule has 0 bridgehead atoms. The van der Waals surface area contributed by atoms with Gasteiger partial charge in [-0.05, 0) is 0 Å². The van der Waals surface area contributed by atoms with Crippen LogP contribution in [-0.4, -0.2) is 91.3 Å². The first kappa shape index (κ1) is 16.0. The van der Waals surface area contributed by atoms with Crippen LogP contribution in [0.5, 0.6) is 0 Å². The van der Waals surface area contributed by atoms with E-state index in [4.69, 9.17) is 30.6 Å². The highest BCUT2D eigenvalue weighted by Gasteiger charge is 2.29. The SMILES string of the molecule is OC[C@@H](O)[C@@H](O)[C@H](O)[C@H](O)CO.[MgH2]. The highest BCUT2D eigenvalue weighted by molar-refractivity contribution is 5.75. The molecule has 0 aliphatic carbocycles. The van der Waals surface area contributed by atoms with Crippen LogP contribution in [0.25, 0.3) is 0 Å². The van der Waals surface area contributed by atoms with Gasteiger partial charge in [-0.2, -0.15) is 0 Å². The lowest BCUT2D eigenvalue weighted by atomic mass is 10.0. The van der Waals surface area contributed by atoms with Gasteiger partial charge in [0.15, 0.2) is 0 Å². The van der Waals surface area contributed by atoms with Crippen molar-refractivity contribution in [2.45, 2.75) is 24.4 Å². The Morgan fingerprint density at radius 3 is 1.08 bits per heavy atom. The molecule has 0 heterocycles. The van der Waals surface area contributed by atoms with Crippen molar-refractivity contribution in [3.05, 3.63) is 0 Å². The van der Waals surface area contributed by atoms with E-state index in [-0.39, 0.29) is 23.1 Å². The van der Waals surface area contributed by atoms with E-state index in [1.54, 1.807) is 0 Å². The molecule has 0 aliphatic rings. The Hall–Kier alpha value is 0.526. The van der Waals surface area contributed by atoms with Crippen molar-refractivity contribution in [2.75, 3.05) is 13.2 Å². The molecular weight excluding hydrogens is 192 g/mol. The van der Waals surface area contributed by atoms with Crippen LogP contribution in [0, 0.1) is 0 Å². The normalized spacial score (nSPS) is 19.8. The molecule has 0 saturated heterocycles. The summed E-state index contributed by atoms with van der Waals surface area (Å²) < 4.78 is 0. The van der Waals surface area contributed by atoms with E-state index in [1.165, 1.54) is 0 Å². The van der Waals surface area contributed by atoms with Crippen LogP contribution >= 0.6 is 0 Å². The molecule has 4 atom stereocenters. The summed E-state index contributed by atoms with van der Waals surface area (Å²) in [5, 5.41) is 52.2. The molecule has 0 aromatic heterocycles. The fraction of sp³-hybridized carbons (Fsp3) is 1.00. The van der Waals surface area contributed by atoms with E-state index < -0.39 is 37.6 Å². The van der Waals surface area contributed by atoms with Crippen LogP contribution in [0.2, 0.25) is 0 Å². The molecule has 0 spiro atoms. The topological polar surface area (TPSA) is 121 Å². The zero-order valence-corrected chi connectivity index (χ0v) is 6.41. The molecule has 0 aromatic rings. The van der Waals surface area contributed by atoms with Gasteiger partial charge in [-0.3, -0.25) is 0 Å². The van der Waals surface area contributed by atoms with E-state index in [0.717, 1.165) is 0 Å². The summed E-state index contributed by atoms with van der Waals surface area (Å²) in [5.41, 5.74) is 0. The Balaban J connectivity index is 0. The quantitative estimate of drug-likeness (QED) is 0.253. The number of rotatable bonds is 5. The Morgan fingerprint density at radius 1 is 0.692 bits per heavy atom. The molecule has 0 aromatic carbocycles. The van der Waals surface area contributed by atoms with Crippen LogP contribution < -0.4 is 0 Å². The number of hydrogen-bond acceptors (Lipinski definition) is 6. The summed E-state index contributed by atoms with van der Waals surface area (Å²) >= 11 is 0. The first-order valence-electron chi connectivity index (χ1n) is 3.48. The fourth-order valence-electron chi connectivity index (χ4n) is 0.671. The van der Waals surface area contributed by atoms with Crippen molar-refractivity contribution < 1.29 is 30.6 Å². The first-order chi connectivity index (χ1) is 5.54. The van der Waals surface area contributed by atoms with Crippen molar-refractivity contribution in [2.24, 2.45) is 0 Å². The third-order valence-electron chi connectivity index (χ3n) is 1.51. The van der Waals surface area contributed by atoms with E-state index in [9.17, 15) is 0 Å².